The molecule has 2 aliphatic rings. The number of ether oxygens (including phenoxy) is 2. The standard InChI is InChI=1S/C19H28N2O3/c1-20(16-6-4-3-5-7-16)17-14-19(24-15-17)9-11-21(12-10-19)18(22)8-13-23-2/h3-7,17H,8-15H2,1-2H3/t17-/m0/s1. The molecule has 1 atom stereocenters. The minimum atomic E-state index is -0.0499. The van der Waals surface area contributed by atoms with Crippen LogP contribution in [0.2, 0.25) is 0 Å². The fraction of sp³-hybridized carbons (Fsp3) is 0.632. The van der Waals surface area contributed by atoms with E-state index in [0.717, 1.165) is 39.0 Å². The van der Waals surface area contributed by atoms with Gasteiger partial charge in [-0.15, -0.1) is 0 Å². The lowest BCUT2D eigenvalue weighted by Crippen LogP contribution is -2.47. The minimum absolute atomic E-state index is 0.0499. The van der Waals surface area contributed by atoms with Gasteiger partial charge < -0.3 is 19.3 Å². The zero-order chi connectivity index (χ0) is 17.0. The Labute approximate surface area is 144 Å². The van der Waals surface area contributed by atoms with Gasteiger partial charge in [0.25, 0.3) is 0 Å². The maximum absolute atomic E-state index is 12.1. The van der Waals surface area contributed by atoms with Gasteiger partial charge in [0.2, 0.25) is 5.91 Å². The highest BCUT2D eigenvalue weighted by atomic mass is 16.5. The zero-order valence-electron chi connectivity index (χ0n) is 14.7. The van der Waals surface area contributed by atoms with Crippen LogP contribution in [0.5, 0.6) is 0 Å². The van der Waals surface area contributed by atoms with Gasteiger partial charge in [-0.1, -0.05) is 18.2 Å². The fourth-order valence-electron chi connectivity index (χ4n) is 3.80. The number of amides is 1. The number of likely N-dealkylation sites (N-methyl/N-ethyl adjacent to an activating group) is 1. The summed E-state index contributed by atoms with van der Waals surface area (Å²) in [6.45, 7) is 2.86. The van der Waals surface area contributed by atoms with Gasteiger partial charge in [-0.2, -0.15) is 0 Å². The van der Waals surface area contributed by atoms with Crippen molar-refractivity contribution in [2.24, 2.45) is 0 Å². The summed E-state index contributed by atoms with van der Waals surface area (Å²) in [7, 11) is 3.78. The van der Waals surface area contributed by atoms with E-state index in [1.807, 2.05) is 11.0 Å². The molecular weight excluding hydrogens is 304 g/mol. The number of carbonyl (C=O) groups excluding carboxylic acids is 1. The van der Waals surface area contributed by atoms with Crippen LogP contribution in [0, 0.1) is 0 Å². The number of rotatable bonds is 5. The molecule has 2 saturated heterocycles. The molecule has 0 aliphatic carbocycles. The second-order valence-corrected chi connectivity index (χ2v) is 6.92. The molecule has 1 amide bonds. The number of likely N-dealkylation sites (tertiary alicyclic amines) is 1. The monoisotopic (exact) mass is 332 g/mol. The molecule has 2 fully saturated rings. The van der Waals surface area contributed by atoms with Gasteiger partial charge in [-0.25, -0.2) is 0 Å². The van der Waals surface area contributed by atoms with Gasteiger partial charge >= 0.3 is 0 Å². The van der Waals surface area contributed by atoms with E-state index in [9.17, 15) is 4.79 Å². The maximum atomic E-state index is 12.1. The average Bonchev–Trinajstić information content (AvgIpc) is 3.04. The van der Waals surface area contributed by atoms with E-state index in [-0.39, 0.29) is 11.5 Å². The number of carbonyl (C=O) groups is 1. The smallest absolute Gasteiger partial charge is 0.224 e. The van der Waals surface area contributed by atoms with Crippen LogP contribution in [0.25, 0.3) is 0 Å². The molecule has 1 aromatic rings. The largest absolute Gasteiger partial charge is 0.384 e. The molecule has 0 N–H and O–H groups in total. The molecule has 1 spiro atoms. The molecular formula is C19H28N2O3. The molecule has 5 nitrogen and oxygen atoms in total. The lowest BCUT2D eigenvalue weighted by Gasteiger charge is -2.39. The van der Waals surface area contributed by atoms with E-state index < -0.39 is 0 Å². The summed E-state index contributed by atoms with van der Waals surface area (Å²) in [5, 5.41) is 0. The summed E-state index contributed by atoms with van der Waals surface area (Å²) in [5.41, 5.74) is 1.18. The number of hydrogen-bond acceptors (Lipinski definition) is 4. The second-order valence-electron chi connectivity index (χ2n) is 6.92. The summed E-state index contributed by atoms with van der Waals surface area (Å²) < 4.78 is 11.2. The highest BCUT2D eigenvalue weighted by molar-refractivity contribution is 5.76. The zero-order valence-corrected chi connectivity index (χ0v) is 14.7. The van der Waals surface area contributed by atoms with Crippen molar-refractivity contribution in [2.75, 3.05) is 45.4 Å². The molecule has 1 aromatic carbocycles. The predicted octanol–water partition coefficient (Wildman–Crippen LogP) is 2.31. The van der Waals surface area contributed by atoms with Crippen LogP contribution in [0.3, 0.4) is 0 Å². The third-order valence-electron chi connectivity index (χ3n) is 5.45. The molecule has 2 heterocycles. The number of benzene rings is 1. The highest BCUT2D eigenvalue weighted by Gasteiger charge is 2.44. The van der Waals surface area contributed by atoms with Gasteiger partial charge in [0.05, 0.1) is 31.3 Å². The second kappa shape index (κ2) is 7.53. The van der Waals surface area contributed by atoms with Crippen LogP contribution in [-0.4, -0.2) is 62.9 Å². The first-order valence-corrected chi connectivity index (χ1v) is 8.82. The summed E-state index contributed by atoms with van der Waals surface area (Å²) in [6.07, 6.45) is 3.39. The summed E-state index contributed by atoms with van der Waals surface area (Å²) >= 11 is 0. The Morgan fingerprint density at radius 3 is 2.71 bits per heavy atom. The minimum Gasteiger partial charge on any atom is -0.384 e. The Kier molecular flexibility index (Phi) is 5.41. The number of para-hydroxylation sites is 1. The number of piperidine rings is 1. The molecule has 0 unspecified atom stereocenters. The van der Waals surface area contributed by atoms with Gasteiger partial charge in [-0.05, 0) is 31.4 Å². The number of methoxy groups -OCH3 is 1. The molecule has 0 saturated carbocycles. The van der Waals surface area contributed by atoms with Gasteiger partial charge in [-0.3, -0.25) is 4.79 Å². The van der Waals surface area contributed by atoms with Crippen LogP contribution in [0.4, 0.5) is 5.69 Å². The Morgan fingerprint density at radius 1 is 1.33 bits per heavy atom. The molecule has 0 radical (unpaired) electrons. The first kappa shape index (κ1) is 17.2. The van der Waals surface area contributed by atoms with Crippen LogP contribution in [-0.2, 0) is 14.3 Å². The third kappa shape index (κ3) is 3.73. The first-order chi connectivity index (χ1) is 11.6. The molecule has 0 bridgehead atoms. The SMILES string of the molecule is COCCC(=O)N1CCC2(CC1)C[C@H](N(C)c1ccccc1)CO2. The van der Waals surface area contributed by atoms with Crippen molar-refractivity contribution in [3.8, 4) is 0 Å². The average molecular weight is 332 g/mol. The van der Waals surface area contributed by atoms with Crippen molar-refractivity contribution >= 4 is 11.6 Å². The quantitative estimate of drug-likeness (QED) is 0.830. The molecule has 2 aliphatic heterocycles. The number of hydrogen-bond donors (Lipinski definition) is 0. The van der Waals surface area contributed by atoms with E-state index >= 15 is 0 Å². The van der Waals surface area contributed by atoms with Crippen molar-refractivity contribution in [1.82, 2.24) is 4.90 Å². The fourth-order valence-corrected chi connectivity index (χ4v) is 3.80. The number of nitrogens with zero attached hydrogens (tertiary/aromatic N) is 2. The normalized spacial score (nSPS) is 22.8. The number of anilines is 1. The summed E-state index contributed by atoms with van der Waals surface area (Å²) in [6, 6.07) is 10.9. The first-order valence-electron chi connectivity index (χ1n) is 8.82. The lowest BCUT2D eigenvalue weighted by atomic mass is 9.87. The van der Waals surface area contributed by atoms with Crippen LogP contribution in [0.15, 0.2) is 30.3 Å². The molecule has 24 heavy (non-hydrogen) atoms. The topological polar surface area (TPSA) is 42.0 Å². The lowest BCUT2D eigenvalue weighted by molar-refractivity contribution is -0.136. The Bertz CT molecular complexity index is 541. The van der Waals surface area contributed by atoms with Gasteiger partial charge in [0.15, 0.2) is 0 Å². The van der Waals surface area contributed by atoms with Gasteiger partial charge in [0, 0.05) is 32.9 Å². The molecule has 5 heteroatoms. The van der Waals surface area contributed by atoms with Crippen LogP contribution < -0.4 is 4.90 Å². The molecule has 3 rings (SSSR count). The van der Waals surface area contributed by atoms with E-state index in [0.29, 0.717) is 19.1 Å². The van der Waals surface area contributed by atoms with E-state index in [1.165, 1.54) is 5.69 Å². The summed E-state index contributed by atoms with van der Waals surface area (Å²) in [5.74, 6) is 0.197. The van der Waals surface area contributed by atoms with Crippen molar-refractivity contribution in [2.45, 2.75) is 37.3 Å². The Balaban J connectivity index is 1.53. The van der Waals surface area contributed by atoms with Crippen molar-refractivity contribution in [3.05, 3.63) is 30.3 Å². The Hall–Kier alpha value is -1.59. The maximum Gasteiger partial charge on any atom is 0.224 e. The molecule has 132 valence electrons. The third-order valence-corrected chi connectivity index (χ3v) is 5.45. The molecule has 0 aromatic heterocycles. The van der Waals surface area contributed by atoms with E-state index in [1.54, 1.807) is 7.11 Å². The highest BCUT2D eigenvalue weighted by Crippen LogP contribution is 2.38. The van der Waals surface area contributed by atoms with Crippen molar-refractivity contribution in [1.29, 1.82) is 0 Å². The van der Waals surface area contributed by atoms with Crippen molar-refractivity contribution < 1.29 is 14.3 Å². The van der Waals surface area contributed by atoms with Crippen LogP contribution in [0.1, 0.15) is 25.7 Å². The Morgan fingerprint density at radius 2 is 2.04 bits per heavy atom. The van der Waals surface area contributed by atoms with E-state index in [4.69, 9.17) is 9.47 Å². The summed E-state index contributed by atoms with van der Waals surface area (Å²) in [4.78, 5) is 16.4. The van der Waals surface area contributed by atoms with Crippen molar-refractivity contribution in [3.63, 3.8) is 0 Å². The predicted molar refractivity (Wildman–Crippen MR) is 94.2 cm³/mol. The van der Waals surface area contributed by atoms with Crippen LogP contribution >= 0.6 is 0 Å². The van der Waals surface area contributed by atoms with E-state index in [2.05, 4.69) is 36.2 Å². The van der Waals surface area contributed by atoms with Gasteiger partial charge in [0.1, 0.15) is 0 Å².